The van der Waals surface area contributed by atoms with Gasteiger partial charge in [-0.1, -0.05) is 12.1 Å². The van der Waals surface area contributed by atoms with E-state index in [1.54, 1.807) is 25.4 Å². The van der Waals surface area contributed by atoms with E-state index in [0.29, 0.717) is 29.2 Å². The van der Waals surface area contributed by atoms with Crippen LogP contribution in [0.15, 0.2) is 30.5 Å². The molecule has 170 valence electrons. The molecule has 0 radical (unpaired) electrons. The van der Waals surface area contributed by atoms with Gasteiger partial charge in [-0.15, -0.1) is 0 Å². The highest BCUT2D eigenvalue weighted by molar-refractivity contribution is 6.05. The lowest BCUT2D eigenvalue weighted by Crippen LogP contribution is -2.43. The van der Waals surface area contributed by atoms with Crippen molar-refractivity contribution < 1.29 is 14.3 Å². The van der Waals surface area contributed by atoms with Gasteiger partial charge in [-0.2, -0.15) is 0 Å². The maximum atomic E-state index is 12.8. The van der Waals surface area contributed by atoms with Crippen molar-refractivity contribution in [2.24, 2.45) is 0 Å². The number of benzene rings is 1. The fourth-order valence-electron chi connectivity index (χ4n) is 4.46. The number of piperidine rings is 1. The van der Waals surface area contributed by atoms with Gasteiger partial charge < -0.3 is 15.0 Å². The van der Waals surface area contributed by atoms with Crippen molar-refractivity contribution in [3.63, 3.8) is 0 Å². The van der Waals surface area contributed by atoms with Crippen LogP contribution in [0.4, 0.5) is 5.69 Å². The average Bonchev–Trinajstić information content (AvgIpc) is 3.32. The van der Waals surface area contributed by atoms with Gasteiger partial charge in [0.1, 0.15) is 11.6 Å². The van der Waals surface area contributed by atoms with E-state index in [-0.39, 0.29) is 17.7 Å². The molecule has 8 nitrogen and oxygen atoms in total. The summed E-state index contributed by atoms with van der Waals surface area (Å²) in [4.78, 5) is 38.7. The molecular weight excluding hydrogens is 406 g/mol. The van der Waals surface area contributed by atoms with Gasteiger partial charge in [0.15, 0.2) is 0 Å². The Labute approximate surface area is 189 Å². The number of nitrogens with one attached hydrogen (secondary N) is 1. The lowest BCUT2D eigenvalue weighted by molar-refractivity contribution is -0.133. The highest BCUT2D eigenvalue weighted by atomic mass is 16.5. The number of aromatic nitrogens is 2. The summed E-state index contributed by atoms with van der Waals surface area (Å²) in [5, 5.41) is 2.87. The van der Waals surface area contributed by atoms with Gasteiger partial charge in [0.2, 0.25) is 5.91 Å². The monoisotopic (exact) mass is 437 g/mol. The molecule has 1 aromatic heterocycles. The van der Waals surface area contributed by atoms with E-state index in [4.69, 9.17) is 4.74 Å². The van der Waals surface area contributed by atoms with Gasteiger partial charge in [0.05, 0.1) is 30.6 Å². The largest absolute Gasteiger partial charge is 0.495 e. The Morgan fingerprint density at radius 1 is 1.12 bits per heavy atom. The third-order valence-corrected chi connectivity index (χ3v) is 6.37. The van der Waals surface area contributed by atoms with Crippen molar-refractivity contribution in [3.05, 3.63) is 47.5 Å². The molecule has 32 heavy (non-hydrogen) atoms. The molecule has 0 atom stereocenters. The zero-order valence-electron chi connectivity index (χ0n) is 18.8. The Morgan fingerprint density at radius 3 is 2.53 bits per heavy atom. The van der Waals surface area contributed by atoms with E-state index in [9.17, 15) is 9.59 Å². The van der Waals surface area contributed by atoms with Gasteiger partial charge >= 0.3 is 0 Å². The number of carbonyl (C=O) groups excluding carboxylic acids is 2. The summed E-state index contributed by atoms with van der Waals surface area (Å²) >= 11 is 0. The number of amides is 2. The standard InChI is InChI=1S/C24H31N5O3/c1-17-19(24(31)27-20-7-3-4-8-21(20)32-2)15-25-23(26-17)18-9-13-29(14-10-18)22(30)16-28-11-5-6-12-28/h3-4,7-8,15,18H,5-6,9-14,16H2,1-2H3,(H,27,31). The summed E-state index contributed by atoms with van der Waals surface area (Å²) in [6, 6.07) is 7.28. The quantitative estimate of drug-likeness (QED) is 0.748. The van der Waals surface area contributed by atoms with Crippen molar-refractivity contribution in [3.8, 4) is 5.75 Å². The maximum Gasteiger partial charge on any atom is 0.259 e. The first kappa shape index (κ1) is 22.2. The molecular formula is C24H31N5O3. The second-order valence-electron chi connectivity index (χ2n) is 8.52. The van der Waals surface area contributed by atoms with Crippen LogP contribution in [0.1, 0.15) is 53.5 Å². The van der Waals surface area contributed by atoms with Crippen LogP contribution in [0.5, 0.6) is 5.75 Å². The van der Waals surface area contributed by atoms with Crippen LogP contribution in [-0.4, -0.2) is 71.4 Å². The fraction of sp³-hybridized carbons (Fsp3) is 0.500. The highest BCUT2D eigenvalue weighted by Crippen LogP contribution is 2.27. The number of nitrogens with zero attached hydrogens (tertiary/aromatic N) is 4. The Bertz CT molecular complexity index is 966. The molecule has 1 N–H and O–H groups in total. The molecule has 3 heterocycles. The average molecular weight is 438 g/mol. The molecule has 0 aliphatic carbocycles. The number of carbonyl (C=O) groups is 2. The van der Waals surface area contributed by atoms with E-state index in [0.717, 1.165) is 44.8 Å². The Morgan fingerprint density at radius 2 is 1.84 bits per heavy atom. The molecule has 2 fully saturated rings. The van der Waals surface area contributed by atoms with Gasteiger partial charge in [0, 0.05) is 25.2 Å². The van der Waals surface area contributed by atoms with Crippen LogP contribution in [0.25, 0.3) is 0 Å². The van der Waals surface area contributed by atoms with Crippen molar-refractivity contribution in [2.45, 2.75) is 38.5 Å². The molecule has 2 aliphatic heterocycles. The van der Waals surface area contributed by atoms with Crippen LogP contribution in [0, 0.1) is 6.92 Å². The van der Waals surface area contributed by atoms with Gasteiger partial charge in [-0.25, -0.2) is 9.97 Å². The molecule has 0 unspecified atom stereocenters. The topological polar surface area (TPSA) is 87.7 Å². The van der Waals surface area contributed by atoms with Gasteiger partial charge in [-0.3, -0.25) is 14.5 Å². The minimum Gasteiger partial charge on any atom is -0.495 e. The predicted molar refractivity (Wildman–Crippen MR) is 122 cm³/mol. The zero-order valence-corrected chi connectivity index (χ0v) is 18.8. The van der Waals surface area contributed by atoms with Crippen LogP contribution >= 0.6 is 0 Å². The SMILES string of the molecule is COc1ccccc1NC(=O)c1cnc(C2CCN(C(=O)CN3CCCC3)CC2)nc1C. The number of rotatable bonds is 6. The van der Waals surface area contributed by atoms with Crippen LogP contribution in [0.3, 0.4) is 0 Å². The van der Waals surface area contributed by atoms with Crippen molar-refractivity contribution in [1.29, 1.82) is 0 Å². The molecule has 2 amide bonds. The van der Waals surface area contributed by atoms with E-state index < -0.39 is 0 Å². The summed E-state index contributed by atoms with van der Waals surface area (Å²) in [5.74, 6) is 1.52. The number of anilines is 1. The number of likely N-dealkylation sites (tertiary alicyclic amines) is 2. The third-order valence-electron chi connectivity index (χ3n) is 6.37. The molecule has 0 spiro atoms. The van der Waals surface area contributed by atoms with Crippen LogP contribution in [-0.2, 0) is 4.79 Å². The second-order valence-corrected chi connectivity index (χ2v) is 8.52. The highest BCUT2D eigenvalue weighted by Gasteiger charge is 2.27. The number of methoxy groups -OCH3 is 1. The van der Waals surface area contributed by atoms with Crippen molar-refractivity contribution in [2.75, 3.05) is 45.2 Å². The second kappa shape index (κ2) is 10.1. The minimum absolute atomic E-state index is 0.205. The first-order valence-corrected chi connectivity index (χ1v) is 11.3. The van der Waals surface area contributed by atoms with Gasteiger partial charge in [0.25, 0.3) is 5.91 Å². The Hall–Kier alpha value is -3.00. The lowest BCUT2D eigenvalue weighted by Gasteiger charge is -2.32. The number of ether oxygens (including phenoxy) is 1. The minimum atomic E-state index is -0.263. The van der Waals surface area contributed by atoms with Crippen molar-refractivity contribution >= 4 is 17.5 Å². The van der Waals surface area contributed by atoms with Crippen LogP contribution < -0.4 is 10.1 Å². The summed E-state index contributed by atoms with van der Waals surface area (Å²) in [6.07, 6.45) is 5.68. The molecule has 8 heteroatoms. The zero-order chi connectivity index (χ0) is 22.5. The maximum absolute atomic E-state index is 12.8. The molecule has 2 aliphatic rings. The molecule has 1 aromatic carbocycles. The molecule has 2 aromatic rings. The van der Waals surface area contributed by atoms with E-state index >= 15 is 0 Å². The third kappa shape index (κ3) is 5.07. The van der Waals surface area contributed by atoms with Crippen LogP contribution in [0.2, 0.25) is 0 Å². The Kier molecular flexibility index (Phi) is 6.99. The predicted octanol–water partition coefficient (Wildman–Crippen LogP) is 2.85. The summed E-state index contributed by atoms with van der Waals surface area (Å²) < 4.78 is 5.30. The number of aryl methyl sites for hydroxylation is 1. The van der Waals surface area contributed by atoms with E-state index in [1.807, 2.05) is 24.0 Å². The Balaban J connectivity index is 1.35. The van der Waals surface area contributed by atoms with E-state index in [1.165, 1.54) is 12.8 Å². The lowest BCUT2D eigenvalue weighted by atomic mass is 9.95. The van der Waals surface area contributed by atoms with Crippen molar-refractivity contribution in [1.82, 2.24) is 19.8 Å². The number of para-hydroxylation sites is 2. The molecule has 2 saturated heterocycles. The summed E-state index contributed by atoms with van der Waals surface area (Å²) in [6.45, 7) is 5.90. The fourth-order valence-corrected chi connectivity index (χ4v) is 4.46. The first-order valence-electron chi connectivity index (χ1n) is 11.3. The summed E-state index contributed by atoms with van der Waals surface area (Å²) in [5.41, 5.74) is 1.70. The molecule has 4 rings (SSSR count). The summed E-state index contributed by atoms with van der Waals surface area (Å²) in [7, 11) is 1.57. The smallest absolute Gasteiger partial charge is 0.259 e. The molecule has 0 bridgehead atoms. The van der Waals surface area contributed by atoms with Gasteiger partial charge in [-0.05, 0) is 57.8 Å². The van der Waals surface area contributed by atoms with E-state index in [2.05, 4.69) is 20.2 Å². The number of hydrogen-bond acceptors (Lipinski definition) is 6. The number of hydrogen-bond donors (Lipinski definition) is 1. The normalized spacial score (nSPS) is 17.4. The first-order chi connectivity index (χ1) is 15.5. The molecule has 0 saturated carbocycles.